The molecule has 0 fully saturated rings. The number of furan rings is 1. The molecule has 1 atom stereocenters. The predicted octanol–water partition coefficient (Wildman–Crippen LogP) is 3.55. The molecule has 2 aromatic rings. The standard InChI is InChI=1S/C15H17NO2/c1-2-7-13(12-8-4-3-5-9-12)16-15(17)14-10-6-11-18-14/h3-6,8-11,13H,2,7H2,1H3,(H,16,17). The van der Waals surface area contributed by atoms with Crippen LogP contribution < -0.4 is 5.32 Å². The fourth-order valence-corrected chi connectivity index (χ4v) is 1.93. The molecule has 1 unspecified atom stereocenters. The van der Waals surface area contributed by atoms with Crippen LogP contribution in [0.15, 0.2) is 53.1 Å². The van der Waals surface area contributed by atoms with Gasteiger partial charge in [0.2, 0.25) is 0 Å². The van der Waals surface area contributed by atoms with Gasteiger partial charge in [0.1, 0.15) is 0 Å². The Morgan fingerprint density at radius 3 is 2.61 bits per heavy atom. The maximum absolute atomic E-state index is 12.0. The van der Waals surface area contributed by atoms with Crippen LogP contribution in [0.3, 0.4) is 0 Å². The summed E-state index contributed by atoms with van der Waals surface area (Å²) in [5.41, 5.74) is 1.12. The first-order valence-electron chi connectivity index (χ1n) is 6.20. The highest BCUT2D eigenvalue weighted by Gasteiger charge is 2.16. The summed E-state index contributed by atoms with van der Waals surface area (Å²) in [4.78, 5) is 12.0. The van der Waals surface area contributed by atoms with Crippen molar-refractivity contribution >= 4 is 5.91 Å². The maximum atomic E-state index is 12.0. The molecule has 2 rings (SSSR count). The topological polar surface area (TPSA) is 42.2 Å². The van der Waals surface area contributed by atoms with Crippen molar-refractivity contribution in [2.45, 2.75) is 25.8 Å². The molecule has 1 N–H and O–H groups in total. The molecule has 0 spiro atoms. The van der Waals surface area contributed by atoms with E-state index in [0.717, 1.165) is 18.4 Å². The molecule has 1 amide bonds. The fourth-order valence-electron chi connectivity index (χ4n) is 1.93. The summed E-state index contributed by atoms with van der Waals surface area (Å²) in [7, 11) is 0. The Morgan fingerprint density at radius 1 is 1.22 bits per heavy atom. The number of hydrogen-bond acceptors (Lipinski definition) is 2. The molecule has 3 heteroatoms. The van der Waals surface area contributed by atoms with Crippen LogP contribution in [-0.2, 0) is 0 Å². The second kappa shape index (κ2) is 6.05. The van der Waals surface area contributed by atoms with Crippen molar-refractivity contribution in [2.75, 3.05) is 0 Å². The first-order valence-corrected chi connectivity index (χ1v) is 6.20. The lowest BCUT2D eigenvalue weighted by atomic mass is 10.0. The number of hydrogen-bond donors (Lipinski definition) is 1. The van der Waals surface area contributed by atoms with E-state index >= 15 is 0 Å². The third kappa shape index (κ3) is 3.00. The molecule has 0 radical (unpaired) electrons. The Balaban J connectivity index is 2.10. The highest BCUT2D eigenvalue weighted by atomic mass is 16.3. The molecule has 18 heavy (non-hydrogen) atoms. The molecular weight excluding hydrogens is 226 g/mol. The number of rotatable bonds is 5. The number of carbonyl (C=O) groups is 1. The Hall–Kier alpha value is -2.03. The zero-order valence-electron chi connectivity index (χ0n) is 10.4. The molecule has 1 aromatic heterocycles. The first-order chi connectivity index (χ1) is 8.81. The lowest BCUT2D eigenvalue weighted by Gasteiger charge is -2.17. The molecule has 1 heterocycles. The van der Waals surface area contributed by atoms with Crippen LogP contribution in [0, 0.1) is 0 Å². The van der Waals surface area contributed by atoms with Gasteiger partial charge in [-0.05, 0) is 24.1 Å². The fraction of sp³-hybridized carbons (Fsp3) is 0.267. The summed E-state index contributed by atoms with van der Waals surface area (Å²) in [6.45, 7) is 2.11. The summed E-state index contributed by atoms with van der Waals surface area (Å²) in [6.07, 6.45) is 3.43. The Bertz CT molecular complexity index is 476. The minimum Gasteiger partial charge on any atom is -0.459 e. The quantitative estimate of drug-likeness (QED) is 0.872. The second-order valence-electron chi connectivity index (χ2n) is 4.20. The van der Waals surface area contributed by atoms with E-state index in [9.17, 15) is 4.79 Å². The zero-order valence-corrected chi connectivity index (χ0v) is 10.4. The molecule has 0 aliphatic carbocycles. The smallest absolute Gasteiger partial charge is 0.287 e. The second-order valence-corrected chi connectivity index (χ2v) is 4.20. The molecule has 0 aliphatic rings. The number of benzene rings is 1. The SMILES string of the molecule is CCCC(NC(=O)c1ccco1)c1ccccc1. The van der Waals surface area contributed by atoms with E-state index in [0.29, 0.717) is 5.76 Å². The lowest BCUT2D eigenvalue weighted by molar-refractivity contribution is 0.0906. The minimum atomic E-state index is -0.165. The van der Waals surface area contributed by atoms with E-state index in [4.69, 9.17) is 4.42 Å². The number of amides is 1. The van der Waals surface area contributed by atoms with Gasteiger partial charge in [0, 0.05) is 0 Å². The van der Waals surface area contributed by atoms with Gasteiger partial charge in [-0.15, -0.1) is 0 Å². The van der Waals surface area contributed by atoms with Crippen molar-refractivity contribution in [3.8, 4) is 0 Å². The molecule has 1 aromatic carbocycles. The van der Waals surface area contributed by atoms with E-state index in [2.05, 4.69) is 12.2 Å². The van der Waals surface area contributed by atoms with Gasteiger partial charge < -0.3 is 9.73 Å². The summed E-state index contributed by atoms with van der Waals surface area (Å²) in [6, 6.07) is 13.4. The summed E-state index contributed by atoms with van der Waals surface area (Å²) >= 11 is 0. The molecule has 0 saturated carbocycles. The predicted molar refractivity (Wildman–Crippen MR) is 70.3 cm³/mol. The van der Waals surface area contributed by atoms with Crippen molar-refractivity contribution < 1.29 is 9.21 Å². The van der Waals surface area contributed by atoms with Crippen LogP contribution in [0.1, 0.15) is 41.9 Å². The zero-order chi connectivity index (χ0) is 12.8. The first kappa shape index (κ1) is 12.4. The molecule has 0 saturated heterocycles. The Labute approximate surface area is 107 Å². The summed E-state index contributed by atoms with van der Waals surface area (Å²) in [5.74, 6) is 0.189. The largest absolute Gasteiger partial charge is 0.459 e. The van der Waals surface area contributed by atoms with E-state index < -0.39 is 0 Å². The molecule has 0 bridgehead atoms. The van der Waals surface area contributed by atoms with Gasteiger partial charge >= 0.3 is 0 Å². The van der Waals surface area contributed by atoms with Gasteiger partial charge in [0.05, 0.1) is 12.3 Å². The van der Waals surface area contributed by atoms with Crippen LogP contribution in [0.2, 0.25) is 0 Å². The van der Waals surface area contributed by atoms with Gasteiger partial charge in [0.25, 0.3) is 5.91 Å². The third-order valence-electron chi connectivity index (χ3n) is 2.83. The van der Waals surface area contributed by atoms with Crippen LogP contribution in [0.25, 0.3) is 0 Å². The monoisotopic (exact) mass is 243 g/mol. The van der Waals surface area contributed by atoms with Gasteiger partial charge in [-0.2, -0.15) is 0 Å². The average Bonchev–Trinajstić information content (AvgIpc) is 2.93. The van der Waals surface area contributed by atoms with Crippen molar-refractivity contribution in [1.29, 1.82) is 0 Å². The van der Waals surface area contributed by atoms with Crippen molar-refractivity contribution in [3.63, 3.8) is 0 Å². The lowest BCUT2D eigenvalue weighted by Crippen LogP contribution is -2.28. The normalized spacial score (nSPS) is 12.1. The average molecular weight is 243 g/mol. The van der Waals surface area contributed by atoms with Crippen LogP contribution >= 0.6 is 0 Å². The molecular formula is C15H17NO2. The molecule has 0 aliphatic heterocycles. The number of carbonyl (C=O) groups excluding carboxylic acids is 1. The van der Waals surface area contributed by atoms with Gasteiger partial charge in [-0.1, -0.05) is 43.7 Å². The van der Waals surface area contributed by atoms with Crippen molar-refractivity contribution in [3.05, 3.63) is 60.1 Å². The highest BCUT2D eigenvalue weighted by Crippen LogP contribution is 2.18. The van der Waals surface area contributed by atoms with E-state index in [1.807, 2.05) is 30.3 Å². The number of nitrogens with one attached hydrogen (secondary N) is 1. The van der Waals surface area contributed by atoms with E-state index in [-0.39, 0.29) is 11.9 Å². The third-order valence-corrected chi connectivity index (χ3v) is 2.83. The molecule has 94 valence electrons. The van der Waals surface area contributed by atoms with Crippen molar-refractivity contribution in [2.24, 2.45) is 0 Å². The van der Waals surface area contributed by atoms with Crippen LogP contribution in [0.4, 0.5) is 0 Å². The Kier molecular flexibility index (Phi) is 4.18. The maximum Gasteiger partial charge on any atom is 0.287 e. The highest BCUT2D eigenvalue weighted by molar-refractivity contribution is 5.91. The van der Waals surface area contributed by atoms with E-state index in [1.54, 1.807) is 12.1 Å². The Morgan fingerprint density at radius 2 is 2.00 bits per heavy atom. The van der Waals surface area contributed by atoms with Gasteiger partial charge in [-0.25, -0.2) is 0 Å². The van der Waals surface area contributed by atoms with Crippen LogP contribution in [0.5, 0.6) is 0 Å². The summed E-state index contributed by atoms with van der Waals surface area (Å²) < 4.78 is 5.10. The van der Waals surface area contributed by atoms with Crippen LogP contribution in [-0.4, -0.2) is 5.91 Å². The van der Waals surface area contributed by atoms with Crippen molar-refractivity contribution in [1.82, 2.24) is 5.32 Å². The van der Waals surface area contributed by atoms with Gasteiger partial charge in [0.15, 0.2) is 5.76 Å². The molecule has 3 nitrogen and oxygen atoms in total. The summed E-state index contributed by atoms with van der Waals surface area (Å²) in [5, 5.41) is 3.00. The van der Waals surface area contributed by atoms with E-state index in [1.165, 1.54) is 6.26 Å². The van der Waals surface area contributed by atoms with Gasteiger partial charge in [-0.3, -0.25) is 4.79 Å². The minimum absolute atomic E-state index is 0.0359.